The fraction of sp³-hybridized carbons (Fsp3) is 0.421. The zero-order chi connectivity index (χ0) is 22.2. The first-order valence-corrected chi connectivity index (χ1v) is 8.81. The Balaban J connectivity index is 0.000000516. The van der Waals surface area contributed by atoms with Gasteiger partial charge in [0.05, 0.1) is 0 Å². The summed E-state index contributed by atoms with van der Waals surface area (Å²) >= 11 is 0. The van der Waals surface area contributed by atoms with E-state index in [0.29, 0.717) is 11.1 Å². The van der Waals surface area contributed by atoms with Crippen LogP contribution in [0.1, 0.15) is 28.8 Å². The molecule has 7 nitrogen and oxygen atoms in total. The van der Waals surface area contributed by atoms with Gasteiger partial charge >= 0.3 is 12.1 Å². The van der Waals surface area contributed by atoms with Crippen molar-refractivity contribution in [3.8, 4) is 0 Å². The van der Waals surface area contributed by atoms with Gasteiger partial charge in [0.1, 0.15) is 0 Å². The van der Waals surface area contributed by atoms with Crippen molar-refractivity contribution in [2.45, 2.75) is 25.9 Å². The lowest BCUT2D eigenvalue weighted by atomic mass is 10.1. The van der Waals surface area contributed by atoms with E-state index in [4.69, 9.17) is 9.90 Å². The van der Waals surface area contributed by atoms with Crippen LogP contribution in [-0.4, -0.2) is 60.2 Å². The summed E-state index contributed by atoms with van der Waals surface area (Å²) in [6.07, 6.45) is -3.08. The SMILES string of the molecule is CNCCCCN(C)C(=O)c1ccc2c(C)cc(=O)[nH]c2c1.O=C(O)C(F)(F)F. The molecule has 0 aliphatic rings. The zero-order valence-electron chi connectivity index (χ0n) is 16.4. The van der Waals surface area contributed by atoms with Crippen LogP contribution in [0.15, 0.2) is 29.1 Å². The highest BCUT2D eigenvalue weighted by molar-refractivity contribution is 5.98. The third kappa shape index (κ3) is 7.57. The van der Waals surface area contributed by atoms with Gasteiger partial charge in [0, 0.05) is 36.1 Å². The summed E-state index contributed by atoms with van der Waals surface area (Å²) in [7, 11) is 3.73. The Hall–Kier alpha value is -2.88. The summed E-state index contributed by atoms with van der Waals surface area (Å²) < 4.78 is 31.7. The predicted molar refractivity (Wildman–Crippen MR) is 103 cm³/mol. The number of H-pyrrole nitrogens is 1. The lowest BCUT2D eigenvalue weighted by Crippen LogP contribution is -2.28. The van der Waals surface area contributed by atoms with Crippen LogP contribution in [0.5, 0.6) is 0 Å². The first kappa shape index (κ1) is 24.2. The number of fused-ring (bicyclic) bond motifs is 1. The van der Waals surface area contributed by atoms with E-state index in [1.54, 1.807) is 17.0 Å². The van der Waals surface area contributed by atoms with Gasteiger partial charge in [-0.15, -0.1) is 0 Å². The maximum absolute atomic E-state index is 12.4. The molecule has 0 bridgehead atoms. The van der Waals surface area contributed by atoms with E-state index < -0.39 is 12.1 Å². The molecule has 0 radical (unpaired) electrons. The molecule has 1 aromatic carbocycles. The molecule has 1 heterocycles. The molecule has 0 aliphatic carbocycles. The van der Waals surface area contributed by atoms with Crippen molar-refractivity contribution in [2.24, 2.45) is 0 Å². The molecule has 2 aromatic rings. The van der Waals surface area contributed by atoms with Crippen LogP contribution in [0.4, 0.5) is 13.2 Å². The number of carboxylic acid groups (broad SMARTS) is 1. The van der Waals surface area contributed by atoms with E-state index in [1.165, 1.54) is 0 Å². The van der Waals surface area contributed by atoms with Gasteiger partial charge in [0.25, 0.3) is 5.91 Å². The van der Waals surface area contributed by atoms with E-state index in [-0.39, 0.29) is 11.5 Å². The summed E-state index contributed by atoms with van der Waals surface area (Å²) in [5.74, 6) is -2.78. The minimum atomic E-state index is -5.08. The van der Waals surface area contributed by atoms with Gasteiger partial charge in [0.15, 0.2) is 0 Å². The standard InChI is InChI=1S/C17H23N3O2.C2HF3O2/c1-12-10-16(21)19-15-11-13(6-7-14(12)15)17(22)20(3)9-5-4-8-18-2;3-2(4,5)1(6)7/h6-7,10-11,18H,4-5,8-9H2,1-3H3,(H,19,21);(H,6,7). The van der Waals surface area contributed by atoms with Gasteiger partial charge in [-0.2, -0.15) is 13.2 Å². The quantitative estimate of drug-likeness (QED) is 0.630. The van der Waals surface area contributed by atoms with Crippen LogP contribution in [-0.2, 0) is 4.79 Å². The van der Waals surface area contributed by atoms with Crippen molar-refractivity contribution in [1.29, 1.82) is 0 Å². The van der Waals surface area contributed by atoms with Gasteiger partial charge in [-0.3, -0.25) is 9.59 Å². The number of hydrogen-bond donors (Lipinski definition) is 3. The second-order valence-electron chi connectivity index (χ2n) is 6.42. The molecule has 2 rings (SSSR count). The van der Waals surface area contributed by atoms with Gasteiger partial charge in [-0.05, 0) is 51.1 Å². The average molecular weight is 415 g/mol. The number of carbonyl (C=O) groups excluding carboxylic acids is 1. The number of aromatic amines is 1. The highest BCUT2D eigenvalue weighted by atomic mass is 19.4. The average Bonchev–Trinajstić information content (AvgIpc) is 2.63. The number of benzene rings is 1. The molecule has 0 saturated heterocycles. The molecule has 0 unspecified atom stereocenters. The summed E-state index contributed by atoms with van der Waals surface area (Å²) in [6.45, 7) is 3.58. The number of alkyl halides is 3. The van der Waals surface area contributed by atoms with Crippen molar-refractivity contribution in [3.63, 3.8) is 0 Å². The van der Waals surface area contributed by atoms with E-state index in [1.807, 2.05) is 33.2 Å². The largest absolute Gasteiger partial charge is 0.490 e. The van der Waals surface area contributed by atoms with Crippen LogP contribution in [0, 0.1) is 6.92 Å². The van der Waals surface area contributed by atoms with E-state index in [2.05, 4.69) is 10.3 Å². The smallest absolute Gasteiger partial charge is 0.475 e. The maximum Gasteiger partial charge on any atom is 0.490 e. The second kappa shape index (κ2) is 10.6. The van der Waals surface area contributed by atoms with Crippen LogP contribution >= 0.6 is 0 Å². The molecule has 29 heavy (non-hydrogen) atoms. The van der Waals surface area contributed by atoms with Gasteiger partial charge in [0.2, 0.25) is 5.56 Å². The zero-order valence-corrected chi connectivity index (χ0v) is 16.4. The number of aliphatic carboxylic acids is 1. The van der Waals surface area contributed by atoms with E-state index >= 15 is 0 Å². The number of amides is 1. The lowest BCUT2D eigenvalue weighted by molar-refractivity contribution is -0.192. The molecule has 0 aliphatic heterocycles. The summed E-state index contributed by atoms with van der Waals surface area (Å²) in [5, 5.41) is 11.2. The van der Waals surface area contributed by atoms with Gasteiger partial charge < -0.3 is 20.3 Å². The fourth-order valence-corrected chi connectivity index (χ4v) is 2.54. The van der Waals surface area contributed by atoms with Crippen molar-refractivity contribution >= 4 is 22.8 Å². The predicted octanol–water partition coefficient (Wildman–Crippen LogP) is 2.54. The second-order valence-corrected chi connectivity index (χ2v) is 6.42. The van der Waals surface area contributed by atoms with Crippen LogP contribution < -0.4 is 10.9 Å². The van der Waals surface area contributed by atoms with Crippen LogP contribution in [0.25, 0.3) is 10.9 Å². The lowest BCUT2D eigenvalue weighted by Gasteiger charge is -2.17. The van der Waals surface area contributed by atoms with Crippen molar-refractivity contribution in [3.05, 3.63) is 45.7 Å². The Morgan fingerprint density at radius 3 is 2.38 bits per heavy atom. The number of pyridine rings is 1. The number of aryl methyl sites for hydroxylation is 1. The number of nitrogens with one attached hydrogen (secondary N) is 2. The minimum Gasteiger partial charge on any atom is -0.475 e. The van der Waals surface area contributed by atoms with Crippen LogP contribution in [0.2, 0.25) is 0 Å². The van der Waals surface area contributed by atoms with E-state index in [0.717, 1.165) is 36.9 Å². The number of nitrogens with zero attached hydrogens (tertiary/aromatic N) is 1. The highest BCUT2D eigenvalue weighted by Crippen LogP contribution is 2.17. The molecule has 160 valence electrons. The Bertz CT molecular complexity index is 910. The molecule has 10 heteroatoms. The Kier molecular flexibility index (Phi) is 8.84. The normalized spacial score (nSPS) is 11.0. The first-order chi connectivity index (χ1) is 13.5. The van der Waals surface area contributed by atoms with Gasteiger partial charge in [-0.25, -0.2) is 4.79 Å². The fourth-order valence-electron chi connectivity index (χ4n) is 2.54. The van der Waals surface area contributed by atoms with Crippen molar-refractivity contribution in [2.75, 3.05) is 27.2 Å². The summed E-state index contributed by atoms with van der Waals surface area (Å²) in [5.41, 5.74) is 2.08. The molecule has 1 amide bonds. The van der Waals surface area contributed by atoms with Crippen LogP contribution in [0.3, 0.4) is 0 Å². The summed E-state index contributed by atoms with van der Waals surface area (Å²) in [6, 6.07) is 7.04. The number of halogens is 3. The molecule has 3 N–H and O–H groups in total. The molecular weight excluding hydrogens is 391 g/mol. The number of carboxylic acids is 1. The minimum absolute atomic E-state index is 0.0197. The number of aromatic nitrogens is 1. The number of unbranched alkanes of at least 4 members (excludes halogenated alkanes) is 1. The maximum atomic E-state index is 12.4. The molecule has 0 saturated carbocycles. The molecular formula is C19H24F3N3O4. The third-order valence-electron chi connectivity index (χ3n) is 4.06. The number of rotatable bonds is 6. The van der Waals surface area contributed by atoms with E-state index in [9.17, 15) is 22.8 Å². The van der Waals surface area contributed by atoms with Crippen molar-refractivity contribution < 1.29 is 27.9 Å². The molecule has 0 atom stereocenters. The molecule has 0 fully saturated rings. The molecule has 1 aromatic heterocycles. The Labute approximate surface area is 165 Å². The Morgan fingerprint density at radius 2 is 1.83 bits per heavy atom. The topological polar surface area (TPSA) is 103 Å². The monoisotopic (exact) mass is 415 g/mol. The van der Waals surface area contributed by atoms with Crippen molar-refractivity contribution in [1.82, 2.24) is 15.2 Å². The molecule has 0 spiro atoms. The number of hydrogen-bond acceptors (Lipinski definition) is 4. The first-order valence-electron chi connectivity index (χ1n) is 8.81. The van der Waals surface area contributed by atoms with Gasteiger partial charge in [-0.1, -0.05) is 6.07 Å². The Morgan fingerprint density at radius 1 is 1.21 bits per heavy atom. The third-order valence-corrected chi connectivity index (χ3v) is 4.06. The summed E-state index contributed by atoms with van der Waals surface area (Å²) in [4.78, 5) is 37.4. The number of carbonyl (C=O) groups is 2. The highest BCUT2D eigenvalue weighted by Gasteiger charge is 2.38.